The Kier molecular flexibility index (Phi) is 5.12. The molecule has 1 N–H and O–H groups in total. The van der Waals surface area contributed by atoms with Gasteiger partial charge in [-0.1, -0.05) is 30.9 Å². The fourth-order valence-corrected chi connectivity index (χ4v) is 5.05. The average molecular weight is 405 g/mol. The van der Waals surface area contributed by atoms with Gasteiger partial charge in [-0.05, 0) is 68.0 Å². The Morgan fingerprint density at radius 2 is 2.11 bits per heavy atom. The summed E-state index contributed by atoms with van der Waals surface area (Å²) in [5.74, 6) is -0.992. The molecule has 144 valence electrons. The summed E-state index contributed by atoms with van der Waals surface area (Å²) in [7, 11) is 2.13. The molecular formula is C20H24N2O3S2. The molecule has 5 nitrogen and oxygen atoms in total. The second kappa shape index (κ2) is 6.95. The highest BCUT2D eigenvalue weighted by Crippen LogP contribution is 2.44. The number of carbonyl (C=O) groups is 2. The third-order valence-corrected chi connectivity index (χ3v) is 6.85. The predicted molar refractivity (Wildman–Crippen MR) is 114 cm³/mol. The van der Waals surface area contributed by atoms with Crippen molar-refractivity contribution in [2.45, 2.75) is 45.6 Å². The summed E-state index contributed by atoms with van der Waals surface area (Å²) >= 11 is 6.34. The molecule has 2 aliphatic heterocycles. The van der Waals surface area contributed by atoms with Crippen molar-refractivity contribution in [3.05, 3.63) is 33.7 Å². The van der Waals surface area contributed by atoms with Crippen molar-refractivity contribution in [3.8, 4) is 0 Å². The van der Waals surface area contributed by atoms with E-state index in [9.17, 15) is 9.59 Å². The third-order valence-electron chi connectivity index (χ3n) is 5.47. The molecule has 1 saturated heterocycles. The molecule has 2 aliphatic rings. The molecular weight excluding hydrogens is 380 g/mol. The second-order valence-corrected chi connectivity index (χ2v) is 9.58. The average Bonchev–Trinajstić information content (AvgIpc) is 2.81. The molecule has 0 saturated carbocycles. The number of nitrogens with zero attached hydrogens (tertiary/aromatic N) is 2. The van der Waals surface area contributed by atoms with E-state index in [0.717, 1.165) is 34.2 Å². The van der Waals surface area contributed by atoms with E-state index in [2.05, 4.69) is 44.9 Å². The first-order chi connectivity index (χ1) is 12.5. The van der Waals surface area contributed by atoms with Gasteiger partial charge in [0.15, 0.2) is 0 Å². The number of thiocarbonyl (C=S) groups is 1. The molecule has 0 aromatic heterocycles. The zero-order valence-corrected chi connectivity index (χ0v) is 17.8. The van der Waals surface area contributed by atoms with Crippen LogP contribution in [-0.4, -0.2) is 45.3 Å². The largest absolute Gasteiger partial charge is 0.480 e. The van der Waals surface area contributed by atoms with Crippen LogP contribution < -0.4 is 4.90 Å². The Morgan fingerprint density at radius 1 is 1.44 bits per heavy atom. The van der Waals surface area contributed by atoms with Crippen LogP contribution in [0.5, 0.6) is 0 Å². The maximum atomic E-state index is 12.5. The minimum absolute atomic E-state index is 0.0969. The van der Waals surface area contributed by atoms with Gasteiger partial charge in [-0.15, -0.1) is 0 Å². The first-order valence-electron chi connectivity index (χ1n) is 8.87. The van der Waals surface area contributed by atoms with Crippen LogP contribution >= 0.6 is 24.0 Å². The van der Waals surface area contributed by atoms with Gasteiger partial charge in [0.1, 0.15) is 10.9 Å². The normalized spacial score (nSPS) is 23.1. The summed E-state index contributed by atoms with van der Waals surface area (Å²) in [6, 6.07) is 4.33. The Labute approximate surface area is 169 Å². The molecule has 1 atom stereocenters. The highest BCUT2D eigenvalue weighted by molar-refractivity contribution is 8.26. The molecule has 0 aliphatic carbocycles. The predicted octanol–water partition coefficient (Wildman–Crippen LogP) is 4.00. The Bertz CT molecular complexity index is 876. The van der Waals surface area contributed by atoms with Crippen LogP contribution in [0.1, 0.15) is 49.8 Å². The van der Waals surface area contributed by atoms with Crippen LogP contribution in [-0.2, 0) is 9.59 Å². The summed E-state index contributed by atoms with van der Waals surface area (Å²) < 4.78 is 0.291. The van der Waals surface area contributed by atoms with Gasteiger partial charge < -0.3 is 10.0 Å². The number of carboxylic acid groups (broad SMARTS) is 1. The lowest BCUT2D eigenvalue weighted by Gasteiger charge is -2.45. The number of hydrogen-bond acceptors (Lipinski definition) is 5. The number of aryl methyl sites for hydroxylation is 1. The van der Waals surface area contributed by atoms with E-state index >= 15 is 0 Å². The fourth-order valence-electron chi connectivity index (χ4n) is 3.80. The molecule has 27 heavy (non-hydrogen) atoms. The number of aliphatic carboxylic acids is 1. The lowest BCUT2D eigenvalue weighted by Crippen LogP contribution is -2.45. The quantitative estimate of drug-likeness (QED) is 0.607. The summed E-state index contributed by atoms with van der Waals surface area (Å²) in [5, 5.41) is 8.97. The van der Waals surface area contributed by atoms with Gasteiger partial charge in [-0.25, -0.2) is 0 Å². The highest BCUT2D eigenvalue weighted by atomic mass is 32.2. The van der Waals surface area contributed by atoms with Gasteiger partial charge in [0, 0.05) is 18.3 Å². The van der Waals surface area contributed by atoms with Crippen LogP contribution in [0.25, 0.3) is 6.08 Å². The summed E-state index contributed by atoms with van der Waals surface area (Å²) in [4.78, 5) is 27.4. The van der Waals surface area contributed by atoms with E-state index in [4.69, 9.17) is 17.3 Å². The van der Waals surface area contributed by atoms with Crippen molar-refractivity contribution in [1.29, 1.82) is 0 Å². The minimum Gasteiger partial charge on any atom is -0.480 e. The van der Waals surface area contributed by atoms with Crippen LogP contribution in [0.15, 0.2) is 17.0 Å². The van der Waals surface area contributed by atoms with E-state index in [0.29, 0.717) is 15.1 Å². The first kappa shape index (κ1) is 19.9. The van der Waals surface area contributed by atoms with Crippen molar-refractivity contribution >= 4 is 51.9 Å². The number of anilines is 1. The number of fused-ring (bicyclic) bond motifs is 1. The van der Waals surface area contributed by atoms with Crippen LogP contribution in [0.4, 0.5) is 5.69 Å². The molecule has 1 aromatic rings. The topological polar surface area (TPSA) is 60.9 Å². The molecule has 3 rings (SSSR count). The number of amides is 1. The summed E-state index contributed by atoms with van der Waals surface area (Å²) in [5.41, 5.74) is 4.65. The second-order valence-electron chi connectivity index (χ2n) is 7.91. The summed E-state index contributed by atoms with van der Waals surface area (Å²) in [6.45, 7) is 8.37. The molecule has 0 unspecified atom stereocenters. The van der Waals surface area contributed by atoms with Crippen LogP contribution in [0.2, 0.25) is 0 Å². The number of thioether (sulfide) groups is 1. The number of carboxylic acids is 1. The van der Waals surface area contributed by atoms with E-state index in [1.165, 1.54) is 11.3 Å². The Morgan fingerprint density at radius 3 is 2.74 bits per heavy atom. The first-order valence-corrected chi connectivity index (χ1v) is 10.1. The van der Waals surface area contributed by atoms with Crippen LogP contribution in [0, 0.1) is 6.92 Å². The van der Waals surface area contributed by atoms with Crippen molar-refractivity contribution in [2.75, 3.05) is 18.5 Å². The van der Waals surface area contributed by atoms with Gasteiger partial charge >= 0.3 is 5.97 Å². The van der Waals surface area contributed by atoms with Gasteiger partial charge in [-0.3, -0.25) is 14.5 Å². The lowest BCUT2D eigenvalue weighted by atomic mass is 9.79. The molecule has 1 aromatic carbocycles. The van der Waals surface area contributed by atoms with Crippen molar-refractivity contribution in [1.82, 2.24) is 4.90 Å². The molecule has 7 heteroatoms. The van der Waals surface area contributed by atoms with Crippen molar-refractivity contribution < 1.29 is 14.7 Å². The molecule has 0 bridgehead atoms. The molecule has 1 amide bonds. The standard InChI is InChI=1S/C20H24N2O3S2/c1-11-6-15-14(12(2)9-20(3,4)21(15)5)7-13(11)8-16-18(25)22(10-17(23)24)19(26)27-16/h6-8,12H,9-10H2,1-5H3,(H,23,24)/b16-8+/t12-/m1/s1. The Balaban J connectivity index is 1.99. The van der Waals surface area contributed by atoms with Gasteiger partial charge in [0.05, 0.1) is 4.91 Å². The zero-order chi connectivity index (χ0) is 20.1. The number of benzene rings is 1. The van der Waals surface area contributed by atoms with Gasteiger partial charge in [0.2, 0.25) is 0 Å². The minimum atomic E-state index is -1.07. The molecule has 2 heterocycles. The zero-order valence-electron chi connectivity index (χ0n) is 16.2. The smallest absolute Gasteiger partial charge is 0.323 e. The lowest BCUT2D eigenvalue weighted by molar-refractivity contribution is -0.140. The van der Waals surface area contributed by atoms with E-state index in [1.807, 2.05) is 13.0 Å². The number of rotatable bonds is 3. The van der Waals surface area contributed by atoms with Crippen molar-refractivity contribution in [3.63, 3.8) is 0 Å². The maximum Gasteiger partial charge on any atom is 0.323 e. The Hall–Kier alpha value is -1.86. The summed E-state index contributed by atoms with van der Waals surface area (Å²) in [6.07, 6.45) is 2.89. The molecule has 0 radical (unpaired) electrons. The fraction of sp³-hybridized carbons (Fsp3) is 0.450. The van der Waals surface area contributed by atoms with Gasteiger partial charge in [0.25, 0.3) is 5.91 Å². The number of carbonyl (C=O) groups excluding carboxylic acids is 1. The SMILES string of the molecule is Cc1cc2c(cc1/C=C1/SC(=S)N(CC(=O)O)C1=O)[C@H](C)CC(C)(C)N2C. The van der Waals surface area contributed by atoms with E-state index in [1.54, 1.807) is 0 Å². The molecule has 0 spiro atoms. The number of hydrogen-bond donors (Lipinski definition) is 1. The van der Waals surface area contributed by atoms with E-state index in [-0.39, 0.29) is 11.4 Å². The van der Waals surface area contributed by atoms with E-state index < -0.39 is 12.5 Å². The molecule has 1 fully saturated rings. The third kappa shape index (κ3) is 3.62. The monoisotopic (exact) mass is 404 g/mol. The highest BCUT2D eigenvalue weighted by Gasteiger charge is 2.35. The maximum absolute atomic E-state index is 12.5. The van der Waals surface area contributed by atoms with Crippen molar-refractivity contribution in [2.24, 2.45) is 0 Å². The van der Waals surface area contributed by atoms with Crippen LogP contribution in [0.3, 0.4) is 0 Å². The van der Waals surface area contributed by atoms with Gasteiger partial charge in [-0.2, -0.15) is 0 Å².